The van der Waals surface area contributed by atoms with Crippen molar-refractivity contribution in [3.63, 3.8) is 0 Å². The van der Waals surface area contributed by atoms with Gasteiger partial charge in [-0.05, 0) is 23.8 Å². The first-order valence-corrected chi connectivity index (χ1v) is 4.78. The maximum absolute atomic E-state index is 13.0. The highest BCUT2D eigenvalue weighted by Crippen LogP contribution is 2.30. The van der Waals surface area contributed by atoms with Crippen LogP contribution < -0.4 is 11.2 Å². The minimum absolute atomic E-state index is 0.0341. The van der Waals surface area contributed by atoms with Gasteiger partial charge in [-0.2, -0.15) is 18.7 Å². The van der Waals surface area contributed by atoms with E-state index in [9.17, 15) is 22.4 Å². The predicted octanol–water partition coefficient (Wildman–Crippen LogP) is 1.35. The SMILES string of the molecule is NC(=O)CONCc1cc(F)cc(C(F)(F)F)c1. The fourth-order valence-corrected chi connectivity index (χ4v) is 1.17. The van der Waals surface area contributed by atoms with Crippen LogP contribution in [-0.2, 0) is 22.4 Å². The van der Waals surface area contributed by atoms with Crippen molar-refractivity contribution in [2.75, 3.05) is 6.61 Å². The Morgan fingerprint density at radius 1 is 1.33 bits per heavy atom. The average Bonchev–Trinajstić information content (AvgIpc) is 2.22. The third-order valence-electron chi connectivity index (χ3n) is 1.88. The summed E-state index contributed by atoms with van der Waals surface area (Å²) in [5, 5.41) is 0. The first kappa shape index (κ1) is 14.4. The van der Waals surface area contributed by atoms with E-state index in [2.05, 4.69) is 10.3 Å². The molecule has 0 spiro atoms. The number of hydrogen-bond acceptors (Lipinski definition) is 3. The zero-order valence-corrected chi connectivity index (χ0v) is 9.05. The van der Waals surface area contributed by atoms with Crippen molar-refractivity contribution in [1.82, 2.24) is 5.48 Å². The lowest BCUT2D eigenvalue weighted by Crippen LogP contribution is -2.24. The molecule has 0 aliphatic rings. The largest absolute Gasteiger partial charge is 0.416 e. The molecule has 8 heteroatoms. The van der Waals surface area contributed by atoms with Crippen LogP contribution in [0.15, 0.2) is 18.2 Å². The smallest absolute Gasteiger partial charge is 0.368 e. The van der Waals surface area contributed by atoms with E-state index in [-0.39, 0.29) is 12.1 Å². The molecule has 0 fully saturated rings. The number of nitrogens with one attached hydrogen (secondary N) is 1. The summed E-state index contributed by atoms with van der Waals surface area (Å²) in [7, 11) is 0. The molecule has 4 nitrogen and oxygen atoms in total. The standard InChI is InChI=1S/C10H10F4N2O2/c11-8-2-6(4-16-18-5-9(15)17)1-7(3-8)10(12,13)14/h1-3,16H,4-5H2,(H2,15,17). The summed E-state index contributed by atoms with van der Waals surface area (Å²) in [4.78, 5) is 14.8. The molecule has 3 N–H and O–H groups in total. The van der Waals surface area contributed by atoms with Crippen LogP contribution in [0.4, 0.5) is 17.6 Å². The van der Waals surface area contributed by atoms with Crippen LogP contribution in [0, 0.1) is 5.82 Å². The highest BCUT2D eigenvalue weighted by Gasteiger charge is 2.31. The van der Waals surface area contributed by atoms with Crippen molar-refractivity contribution in [2.24, 2.45) is 5.73 Å². The van der Waals surface area contributed by atoms with Crippen molar-refractivity contribution in [1.29, 1.82) is 0 Å². The van der Waals surface area contributed by atoms with Crippen LogP contribution in [0.2, 0.25) is 0 Å². The number of hydrogen-bond donors (Lipinski definition) is 2. The number of benzene rings is 1. The lowest BCUT2D eigenvalue weighted by molar-refractivity contribution is -0.137. The summed E-state index contributed by atoms with van der Waals surface area (Å²) < 4.78 is 50.0. The number of carbonyl (C=O) groups is 1. The van der Waals surface area contributed by atoms with Gasteiger partial charge in [0.1, 0.15) is 12.4 Å². The number of nitrogens with two attached hydrogens (primary N) is 1. The van der Waals surface area contributed by atoms with Crippen LogP contribution in [0.3, 0.4) is 0 Å². The van der Waals surface area contributed by atoms with Crippen molar-refractivity contribution in [2.45, 2.75) is 12.7 Å². The lowest BCUT2D eigenvalue weighted by Gasteiger charge is -2.10. The van der Waals surface area contributed by atoms with Crippen LogP contribution in [0.1, 0.15) is 11.1 Å². The summed E-state index contributed by atoms with van der Waals surface area (Å²) in [5.41, 5.74) is 5.91. The zero-order chi connectivity index (χ0) is 13.8. The van der Waals surface area contributed by atoms with Crippen LogP contribution in [0.5, 0.6) is 0 Å². The topological polar surface area (TPSA) is 64.4 Å². The number of primary amides is 1. The normalized spacial score (nSPS) is 11.6. The number of carbonyl (C=O) groups excluding carboxylic acids is 1. The number of rotatable bonds is 5. The van der Waals surface area contributed by atoms with Gasteiger partial charge in [-0.15, -0.1) is 0 Å². The number of amides is 1. The summed E-state index contributed by atoms with van der Waals surface area (Å²) >= 11 is 0. The highest BCUT2D eigenvalue weighted by atomic mass is 19.4. The second-order valence-electron chi connectivity index (χ2n) is 3.42. The Morgan fingerprint density at radius 2 is 2.00 bits per heavy atom. The number of halogens is 4. The minimum atomic E-state index is -4.62. The van der Waals surface area contributed by atoms with Gasteiger partial charge in [-0.1, -0.05) is 0 Å². The quantitative estimate of drug-likeness (QED) is 0.480. The third-order valence-corrected chi connectivity index (χ3v) is 1.88. The molecule has 0 saturated heterocycles. The Labute approximate surface area is 99.7 Å². The Kier molecular flexibility index (Phi) is 4.62. The fourth-order valence-electron chi connectivity index (χ4n) is 1.17. The molecule has 0 aliphatic carbocycles. The third kappa shape index (κ3) is 4.68. The van der Waals surface area contributed by atoms with Crippen molar-refractivity contribution in [3.8, 4) is 0 Å². The monoisotopic (exact) mass is 266 g/mol. The highest BCUT2D eigenvalue weighted by molar-refractivity contribution is 5.74. The maximum atomic E-state index is 13.0. The van der Waals surface area contributed by atoms with E-state index >= 15 is 0 Å². The fraction of sp³-hybridized carbons (Fsp3) is 0.300. The van der Waals surface area contributed by atoms with Crippen LogP contribution >= 0.6 is 0 Å². The second-order valence-corrected chi connectivity index (χ2v) is 3.42. The maximum Gasteiger partial charge on any atom is 0.416 e. The van der Waals surface area contributed by atoms with Gasteiger partial charge in [-0.3, -0.25) is 9.63 Å². The van der Waals surface area contributed by atoms with Crippen molar-refractivity contribution in [3.05, 3.63) is 35.1 Å². The summed E-state index contributed by atoms with van der Waals surface area (Å²) in [6, 6.07) is 2.10. The molecule has 1 aromatic carbocycles. The summed E-state index contributed by atoms with van der Waals surface area (Å²) in [6.07, 6.45) is -4.62. The Morgan fingerprint density at radius 3 is 2.56 bits per heavy atom. The predicted molar refractivity (Wildman–Crippen MR) is 53.4 cm³/mol. The molecule has 0 aliphatic heterocycles. The molecule has 18 heavy (non-hydrogen) atoms. The summed E-state index contributed by atoms with van der Waals surface area (Å²) in [5.74, 6) is -1.74. The van der Waals surface area contributed by atoms with Gasteiger partial charge in [0.2, 0.25) is 5.91 Å². The van der Waals surface area contributed by atoms with E-state index in [1.807, 2.05) is 0 Å². The van der Waals surface area contributed by atoms with E-state index in [0.29, 0.717) is 6.07 Å². The molecule has 0 unspecified atom stereocenters. The Hall–Kier alpha value is -1.67. The van der Waals surface area contributed by atoms with Gasteiger partial charge in [0, 0.05) is 6.54 Å². The summed E-state index contributed by atoms with van der Waals surface area (Å²) in [6.45, 7) is -0.616. The molecule has 0 saturated carbocycles. The first-order chi connectivity index (χ1) is 8.29. The van der Waals surface area contributed by atoms with Gasteiger partial charge in [0.25, 0.3) is 0 Å². The van der Waals surface area contributed by atoms with Gasteiger partial charge in [0.15, 0.2) is 0 Å². The average molecular weight is 266 g/mol. The molecule has 0 atom stereocenters. The first-order valence-electron chi connectivity index (χ1n) is 4.78. The molecule has 0 aromatic heterocycles. The molecule has 0 bridgehead atoms. The molecule has 0 radical (unpaired) electrons. The molecule has 0 heterocycles. The van der Waals surface area contributed by atoms with Crippen molar-refractivity contribution >= 4 is 5.91 Å². The van der Waals surface area contributed by atoms with Crippen LogP contribution in [-0.4, -0.2) is 12.5 Å². The Bertz CT molecular complexity index is 434. The van der Waals surface area contributed by atoms with Crippen LogP contribution in [0.25, 0.3) is 0 Å². The molecule has 100 valence electrons. The van der Waals surface area contributed by atoms with E-state index in [4.69, 9.17) is 5.73 Å². The Balaban J connectivity index is 2.66. The van der Waals surface area contributed by atoms with Gasteiger partial charge < -0.3 is 5.73 Å². The van der Waals surface area contributed by atoms with Gasteiger partial charge in [-0.25, -0.2) is 4.39 Å². The van der Waals surface area contributed by atoms with E-state index in [1.165, 1.54) is 0 Å². The molecular formula is C10H10F4N2O2. The van der Waals surface area contributed by atoms with Crippen molar-refractivity contribution < 1.29 is 27.2 Å². The second kappa shape index (κ2) is 5.78. The molecule has 1 aromatic rings. The van der Waals surface area contributed by atoms with E-state index in [1.54, 1.807) is 0 Å². The zero-order valence-electron chi connectivity index (χ0n) is 9.05. The number of hydroxylamine groups is 1. The minimum Gasteiger partial charge on any atom is -0.368 e. The van der Waals surface area contributed by atoms with Gasteiger partial charge in [0.05, 0.1) is 5.56 Å². The lowest BCUT2D eigenvalue weighted by atomic mass is 10.1. The van der Waals surface area contributed by atoms with E-state index < -0.39 is 30.1 Å². The van der Waals surface area contributed by atoms with Gasteiger partial charge >= 0.3 is 6.18 Å². The van der Waals surface area contributed by atoms with E-state index in [0.717, 1.165) is 12.1 Å². The molecule has 1 rings (SSSR count). The molecule has 1 amide bonds. The molecular weight excluding hydrogens is 256 g/mol. The number of alkyl halides is 3.